The van der Waals surface area contributed by atoms with Gasteiger partial charge in [0.1, 0.15) is 11.3 Å². The molecule has 5 nitrogen and oxygen atoms in total. The molecule has 1 aromatic heterocycles. The molecule has 2 aromatic carbocycles. The van der Waals surface area contributed by atoms with Crippen LogP contribution in [0, 0.1) is 6.92 Å². The van der Waals surface area contributed by atoms with Crippen molar-refractivity contribution in [2.24, 2.45) is 0 Å². The lowest BCUT2D eigenvalue weighted by molar-refractivity contribution is 0.102. The van der Waals surface area contributed by atoms with Gasteiger partial charge in [0.05, 0.1) is 6.67 Å². The number of alkyl halides is 1. The second-order valence-electron chi connectivity index (χ2n) is 7.48. The molecule has 0 aliphatic heterocycles. The summed E-state index contributed by atoms with van der Waals surface area (Å²) in [4.78, 5) is 28.5. The number of aryl methyl sites for hydroxylation is 1. The Morgan fingerprint density at radius 3 is 2.71 bits per heavy atom. The summed E-state index contributed by atoms with van der Waals surface area (Å²) in [7, 11) is 0. The molecule has 0 saturated heterocycles. The van der Waals surface area contributed by atoms with Crippen LogP contribution in [-0.2, 0) is 5.41 Å². The van der Waals surface area contributed by atoms with E-state index in [0.717, 1.165) is 6.42 Å². The summed E-state index contributed by atoms with van der Waals surface area (Å²) in [5.41, 5.74) is 1.22. The van der Waals surface area contributed by atoms with E-state index in [9.17, 15) is 19.1 Å². The summed E-state index contributed by atoms with van der Waals surface area (Å²) in [5, 5.41) is 13.3. The standard InChI is InChI=1S/C22H21FN2O3/c1-13-9-16(22(12-23)7-4-8-22)18(10-19(13)26)25-21(28)15-11-24-17-6-3-2-5-14(17)20(15)27/h2-3,5-6,9-11,26H,4,7-8,12H2,1H3,(H,24,27)(H,25,28). The van der Waals surface area contributed by atoms with Crippen molar-refractivity contribution in [3.05, 3.63) is 69.5 Å². The largest absolute Gasteiger partial charge is 0.508 e. The monoisotopic (exact) mass is 380 g/mol. The van der Waals surface area contributed by atoms with E-state index in [1.165, 1.54) is 12.3 Å². The van der Waals surface area contributed by atoms with E-state index < -0.39 is 18.0 Å². The predicted molar refractivity (Wildman–Crippen MR) is 107 cm³/mol. The number of hydrogen-bond donors (Lipinski definition) is 3. The molecule has 144 valence electrons. The highest BCUT2D eigenvalue weighted by Crippen LogP contribution is 2.48. The topological polar surface area (TPSA) is 82.2 Å². The Hall–Kier alpha value is -3.15. The molecule has 3 aromatic rings. The Morgan fingerprint density at radius 1 is 1.29 bits per heavy atom. The Kier molecular flexibility index (Phi) is 4.41. The van der Waals surface area contributed by atoms with E-state index in [1.54, 1.807) is 37.3 Å². The zero-order chi connectivity index (χ0) is 19.9. The molecule has 0 radical (unpaired) electrons. The number of hydrogen-bond acceptors (Lipinski definition) is 3. The molecule has 1 heterocycles. The first-order valence-corrected chi connectivity index (χ1v) is 9.27. The third kappa shape index (κ3) is 2.85. The van der Waals surface area contributed by atoms with Gasteiger partial charge in [-0.1, -0.05) is 18.6 Å². The van der Waals surface area contributed by atoms with Gasteiger partial charge in [-0.3, -0.25) is 14.0 Å². The van der Waals surface area contributed by atoms with E-state index in [-0.39, 0.29) is 16.7 Å². The first-order valence-electron chi connectivity index (χ1n) is 9.27. The lowest BCUT2D eigenvalue weighted by atomic mass is 9.64. The number of para-hydroxylation sites is 1. The molecule has 1 amide bonds. The van der Waals surface area contributed by atoms with Crippen LogP contribution >= 0.6 is 0 Å². The van der Waals surface area contributed by atoms with Crippen LogP contribution in [-0.4, -0.2) is 22.7 Å². The van der Waals surface area contributed by atoms with Crippen LogP contribution in [0.4, 0.5) is 10.1 Å². The Balaban J connectivity index is 1.75. The minimum atomic E-state index is -0.642. The number of fused-ring (bicyclic) bond motifs is 1. The number of phenols is 1. The van der Waals surface area contributed by atoms with Gasteiger partial charge in [0.25, 0.3) is 5.91 Å². The van der Waals surface area contributed by atoms with Crippen LogP contribution in [0.1, 0.15) is 40.7 Å². The van der Waals surface area contributed by atoms with Crippen LogP contribution < -0.4 is 10.7 Å². The molecule has 1 aliphatic carbocycles. The number of nitrogens with one attached hydrogen (secondary N) is 2. The Morgan fingerprint density at radius 2 is 2.04 bits per heavy atom. The molecule has 3 N–H and O–H groups in total. The zero-order valence-corrected chi connectivity index (χ0v) is 15.5. The third-order valence-corrected chi connectivity index (χ3v) is 5.76. The number of aromatic hydroxyl groups is 1. The number of rotatable bonds is 4. The maximum Gasteiger partial charge on any atom is 0.261 e. The van der Waals surface area contributed by atoms with E-state index >= 15 is 0 Å². The lowest BCUT2D eigenvalue weighted by Crippen LogP contribution is -2.37. The van der Waals surface area contributed by atoms with Crippen molar-refractivity contribution in [3.8, 4) is 5.75 Å². The van der Waals surface area contributed by atoms with Crippen LogP contribution in [0.25, 0.3) is 10.9 Å². The van der Waals surface area contributed by atoms with Gasteiger partial charge in [0.15, 0.2) is 0 Å². The number of pyridine rings is 1. The molecule has 1 saturated carbocycles. The summed E-state index contributed by atoms with van der Waals surface area (Å²) in [6, 6.07) is 10.1. The maximum atomic E-state index is 13.9. The van der Waals surface area contributed by atoms with Gasteiger partial charge >= 0.3 is 0 Å². The number of carbonyl (C=O) groups excluding carboxylic acids is 1. The van der Waals surface area contributed by atoms with Crippen molar-refractivity contribution in [2.45, 2.75) is 31.6 Å². The highest BCUT2D eigenvalue weighted by atomic mass is 19.1. The summed E-state index contributed by atoms with van der Waals surface area (Å²) >= 11 is 0. The number of phenolic OH excluding ortho intramolecular Hbond substituents is 1. The van der Waals surface area contributed by atoms with Crippen molar-refractivity contribution in [3.63, 3.8) is 0 Å². The molecule has 6 heteroatoms. The zero-order valence-electron chi connectivity index (χ0n) is 15.5. The number of carbonyl (C=O) groups is 1. The van der Waals surface area contributed by atoms with Gasteiger partial charge in [0.2, 0.25) is 5.43 Å². The van der Waals surface area contributed by atoms with Crippen LogP contribution in [0.3, 0.4) is 0 Å². The molecular weight excluding hydrogens is 359 g/mol. The molecular formula is C22H21FN2O3. The van der Waals surface area contributed by atoms with Crippen LogP contribution in [0.5, 0.6) is 5.75 Å². The highest BCUT2D eigenvalue weighted by molar-refractivity contribution is 6.06. The fraction of sp³-hybridized carbons (Fsp3) is 0.273. The fourth-order valence-electron chi connectivity index (χ4n) is 3.84. The number of H-pyrrole nitrogens is 1. The molecule has 0 atom stereocenters. The van der Waals surface area contributed by atoms with Gasteiger partial charge in [-0.15, -0.1) is 0 Å². The molecule has 1 fully saturated rings. The number of benzene rings is 2. The second kappa shape index (κ2) is 6.78. The summed E-state index contributed by atoms with van der Waals surface area (Å²) in [5.74, 6) is -0.579. The number of amides is 1. The lowest BCUT2D eigenvalue weighted by Gasteiger charge is -2.41. The summed E-state index contributed by atoms with van der Waals surface area (Å²) < 4.78 is 13.9. The minimum Gasteiger partial charge on any atom is -0.508 e. The van der Waals surface area contributed by atoms with Gasteiger partial charge < -0.3 is 15.4 Å². The first kappa shape index (κ1) is 18.2. The second-order valence-corrected chi connectivity index (χ2v) is 7.48. The number of aromatic amines is 1. The quantitative estimate of drug-likeness (QED) is 0.635. The van der Waals surface area contributed by atoms with E-state index in [0.29, 0.717) is 40.6 Å². The summed E-state index contributed by atoms with van der Waals surface area (Å²) in [6.07, 6.45) is 3.67. The van der Waals surface area contributed by atoms with Crippen molar-refractivity contribution in [1.29, 1.82) is 0 Å². The van der Waals surface area contributed by atoms with Gasteiger partial charge in [-0.2, -0.15) is 0 Å². The number of halogens is 1. The Bertz CT molecular complexity index is 1130. The molecule has 0 unspecified atom stereocenters. The SMILES string of the molecule is Cc1cc(C2(CF)CCC2)c(NC(=O)c2c[nH]c3ccccc3c2=O)cc1O. The van der Waals surface area contributed by atoms with E-state index in [1.807, 2.05) is 0 Å². The van der Waals surface area contributed by atoms with Crippen LogP contribution in [0.2, 0.25) is 0 Å². The van der Waals surface area contributed by atoms with E-state index in [4.69, 9.17) is 0 Å². The smallest absolute Gasteiger partial charge is 0.261 e. The fourth-order valence-corrected chi connectivity index (χ4v) is 3.84. The van der Waals surface area contributed by atoms with Gasteiger partial charge in [-0.05, 0) is 49.1 Å². The number of aromatic nitrogens is 1. The van der Waals surface area contributed by atoms with Crippen molar-refractivity contribution < 1.29 is 14.3 Å². The third-order valence-electron chi connectivity index (χ3n) is 5.76. The van der Waals surface area contributed by atoms with E-state index in [2.05, 4.69) is 10.3 Å². The average Bonchev–Trinajstić information content (AvgIpc) is 2.65. The van der Waals surface area contributed by atoms with Crippen LogP contribution in [0.15, 0.2) is 47.4 Å². The minimum absolute atomic E-state index is 0.0137. The molecule has 0 bridgehead atoms. The van der Waals surface area contributed by atoms with Crippen molar-refractivity contribution in [1.82, 2.24) is 4.98 Å². The Labute approximate surface area is 161 Å². The van der Waals surface area contributed by atoms with Gasteiger partial charge in [-0.25, -0.2) is 0 Å². The molecule has 28 heavy (non-hydrogen) atoms. The summed E-state index contributed by atoms with van der Waals surface area (Å²) in [6.45, 7) is 1.21. The van der Waals surface area contributed by atoms with Crippen molar-refractivity contribution in [2.75, 3.05) is 12.0 Å². The predicted octanol–water partition coefficient (Wildman–Crippen LogP) is 4.19. The maximum absolute atomic E-state index is 13.9. The normalized spacial score (nSPS) is 15.2. The molecule has 0 spiro atoms. The number of anilines is 1. The average molecular weight is 380 g/mol. The highest BCUT2D eigenvalue weighted by Gasteiger charge is 2.41. The molecule has 1 aliphatic rings. The van der Waals surface area contributed by atoms with Crippen molar-refractivity contribution >= 4 is 22.5 Å². The first-order chi connectivity index (χ1) is 13.4. The molecule has 4 rings (SSSR count). The van der Waals surface area contributed by atoms with Gasteiger partial charge in [0, 0.05) is 34.3 Å².